The highest BCUT2D eigenvalue weighted by Crippen LogP contribution is 2.41. The third-order valence-corrected chi connectivity index (χ3v) is 6.66. The predicted octanol–water partition coefficient (Wildman–Crippen LogP) is 4.98. The van der Waals surface area contributed by atoms with E-state index in [0.29, 0.717) is 25.4 Å². The summed E-state index contributed by atoms with van der Waals surface area (Å²) in [5.74, 6) is 4.56. The molecule has 2 aromatic carbocycles. The zero-order valence-electron chi connectivity index (χ0n) is 17.8. The molecule has 3 aliphatic rings. The van der Waals surface area contributed by atoms with E-state index < -0.39 is 0 Å². The number of fused-ring (bicyclic) bond motifs is 2. The Bertz CT molecular complexity index is 883. The van der Waals surface area contributed by atoms with Crippen LogP contribution in [0.25, 0.3) is 0 Å². The molecule has 3 aliphatic heterocycles. The van der Waals surface area contributed by atoms with Crippen LogP contribution in [0.3, 0.4) is 0 Å². The molecule has 0 unspecified atom stereocenters. The van der Waals surface area contributed by atoms with Crippen LogP contribution in [0.2, 0.25) is 0 Å². The van der Waals surface area contributed by atoms with Crippen LogP contribution in [0, 0.1) is 5.92 Å². The van der Waals surface area contributed by atoms with Gasteiger partial charge in [0.1, 0.15) is 0 Å². The topological polar surface area (TPSA) is 40.2 Å². The number of hydrogen-bond donors (Lipinski definition) is 0. The molecule has 3 heterocycles. The van der Waals surface area contributed by atoms with Crippen molar-refractivity contribution in [2.75, 3.05) is 33.2 Å². The standard InChI is InChI=1S/C25H31NO4/c1-2-3-4-10-26-11-9-21(19-6-8-23-25(14-19)30-17-28-23)20(15-26)12-18-5-7-22-24(13-18)29-16-27-22/h5-8,13-14,20-21H,2-4,9-12,15-17H2,1H3/t20-,21+/m0/s1. The van der Waals surface area contributed by atoms with Gasteiger partial charge in [-0.3, -0.25) is 0 Å². The molecule has 5 nitrogen and oxygen atoms in total. The fourth-order valence-electron chi connectivity index (χ4n) is 5.06. The molecule has 30 heavy (non-hydrogen) atoms. The van der Waals surface area contributed by atoms with Gasteiger partial charge >= 0.3 is 0 Å². The van der Waals surface area contributed by atoms with Crippen molar-refractivity contribution in [3.8, 4) is 23.0 Å². The van der Waals surface area contributed by atoms with Gasteiger partial charge in [0.2, 0.25) is 13.6 Å². The van der Waals surface area contributed by atoms with Crippen LogP contribution in [0.4, 0.5) is 0 Å². The van der Waals surface area contributed by atoms with Crippen molar-refractivity contribution in [1.29, 1.82) is 0 Å². The van der Waals surface area contributed by atoms with Gasteiger partial charge in [0.15, 0.2) is 23.0 Å². The van der Waals surface area contributed by atoms with Crippen molar-refractivity contribution in [2.45, 2.75) is 44.9 Å². The molecule has 0 radical (unpaired) electrons. The normalized spacial score (nSPS) is 22.4. The summed E-state index contributed by atoms with van der Waals surface area (Å²) >= 11 is 0. The van der Waals surface area contributed by atoms with E-state index in [1.54, 1.807) is 0 Å². The zero-order valence-corrected chi connectivity index (χ0v) is 17.8. The van der Waals surface area contributed by atoms with Gasteiger partial charge in [-0.2, -0.15) is 0 Å². The van der Waals surface area contributed by atoms with Crippen LogP contribution in [0.15, 0.2) is 36.4 Å². The van der Waals surface area contributed by atoms with Crippen LogP contribution >= 0.6 is 0 Å². The summed E-state index contributed by atoms with van der Waals surface area (Å²) in [6.45, 7) is 6.44. The molecular formula is C25H31NO4. The lowest BCUT2D eigenvalue weighted by molar-refractivity contribution is 0.150. The second kappa shape index (κ2) is 8.76. The minimum absolute atomic E-state index is 0.327. The summed E-state index contributed by atoms with van der Waals surface area (Å²) in [6, 6.07) is 12.9. The maximum atomic E-state index is 5.66. The Morgan fingerprint density at radius 3 is 2.40 bits per heavy atom. The lowest BCUT2D eigenvalue weighted by Crippen LogP contribution is -2.40. The second-order valence-corrected chi connectivity index (χ2v) is 8.67. The van der Waals surface area contributed by atoms with E-state index in [-0.39, 0.29) is 0 Å². The van der Waals surface area contributed by atoms with E-state index in [1.165, 1.54) is 49.9 Å². The van der Waals surface area contributed by atoms with E-state index in [1.807, 2.05) is 0 Å². The lowest BCUT2D eigenvalue weighted by Gasteiger charge is -2.39. The molecular weight excluding hydrogens is 378 g/mol. The molecule has 1 saturated heterocycles. The molecule has 0 aromatic heterocycles. The SMILES string of the molecule is CCCCCN1CC[C@H](c2ccc3c(c2)OCO3)[C@@H](Cc2ccc3c(c2)OCO3)C1. The molecule has 0 bridgehead atoms. The number of ether oxygens (including phenoxy) is 4. The molecule has 0 amide bonds. The number of rotatable bonds is 7. The van der Waals surface area contributed by atoms with Crippen molar-refractivity contribution in [2.24, 2.45) is 5.92 Å². The van der Waals surface area contributed by atoms with Crippen LogP contribution in [-0.4, -0.2) is 38.1 Å². The van der Waals surface area contributed by atoms with E-state index in [2.05, 4.69) is 48.2 Å². The maximum absolute atomic E-state index is 5.66. The number of hydrogen-bond acceptors (Lipinski definition) is 5. The Kier molecular flexibility index (Phi) is 5.71. The number of piperidine rings is 1. The first-order valence-corrected chi connectivity index (χ1v) is 11.3. The Balaban J connectivity index is 1.36. The predicted molar refractivity (Wildman–Crippen MR) is 116 cm³/mol. The molecule has 5 heteroatoms. The summed E-state index contributed by atoms with van der Waals surface area (Å²) in [6.07, 6.45) is 6.10. The molecule has 0 N–H and O–H groups in total. The van der Waals surface area contributed by atoms with Gasteiger partial charge in [0.05, 0.1) is 0 Å². The van der Waals surface area contributed by atoms with Crippen molar-refractivity contribution in [3.63, 3.8) is 0 Å². The summed E-state index contributed by atoms with van der Waals surface area (Å²) in [4.78, 5) is 2.66. The van der Waals surface area contributed by atoms with E-state index >= 15 is 0 Å². The second-order valence-electron chi connectivity index (χ2n) is 8.67. The number of likely N-dealkylation sites (tertiary alicyclic amines) is 1. The highest BCUT2D eigenvalue weighted by molar-refractivity contribution is 5.46. The molecule has 1 fully saturated rings. The van der Waals surface area contributed by atoms with Gasteiger partial charge in [0, 0.05) is 6.54 Å². The summed E-state index contributed by atoms with van der Waals surface area (Å²) in [5.41, 5.74) is 2.70. The van der Waals surface area contributed by atoms with Crippen molar-refractivity contribution in [3.05, 3.63) is 47.5 Å². The fourth-order valence-corrected chi connectivity index (χ4v) is 5.06. The number of benzene rings is 2. The molecule has 0 aliphatic carbocycles. The molecule has 2 aromatic rings. The van der Waals surface area contributed by atoms with Crippen LogP contribution in [0.5, 0.6) is 23.0 Å². The van der Waals surface area contributed by atoms with Gasteiger partial charge < -0.3 is 23.8 Å². The first-order chi connectivity index (χ1) is 14.8. The van der Waals surface area contributed by atoms with E-state index in [4.69, 9.17) is 18.9 Å². The summed E-state index contributed by atoms with van der Waals surface area (Å²) < 4.78 is 22.3. The minimum atomic E-state index is 0.327. The third-order valence-electron chi connectivity index (χ3n) is 6.66. The Labute approximate surface area is 178 Å². The summed E-state index contributed by atoms with van der Waals surface area (Å²) in [7, 11) is 0. The molecule has 2 atom stereocenters. The minimum Gasteiger partial charge on any atom is -0.454 e. The highest BCUT2D eigenvalue weighted by Gasteiger charge is 2.31. The third kappa shape index (κ3) is 4.08. The molecule has 0 spiro atoms. The Morgan fingerprint density at radius 1 is 0.867 bits per heavy atom. The number of nitrogens with zero attached hydrogens (tertiary/aromatic N) is 1. The average Bonchev–Trinajstić information content (AvgIpc) is 3.42. The first-order valence-electron chi connectivity index (χ1n) is 11.3. The van der Waals surface area contributed by atoms with E-state index in [9.17, 15) is 0 Å². The Morgan fingerprint density at radius 2 is 1.60 bits per heavy atom. The van der Waals surface area contributed by atoms with Gasteiger partial charge in [-0.15, -0.1) is 0 Å². The average molecular weight is 410 g/mol. The molecule has 5 rings (SSSR count). The highest BCUT2D eigenvalue weighted by atomic mass is 16.7. The quantitative estimate of drug-likeness (QED) is 0.603. The molecule has 0 saturated carbocycles. The summed E-state index contributed by atoms with van der Waals surface area (Å²) in [5, 5.41) is 0. The number of unbranched alkanes of at least 4 members (excludes halogenated alkanes) is 2. The first kappa shape index (κ1) is 19.6. The van der Waals surface area contributed by atoms with Crippen LogP contribution in [0.1, 0.15) is 49.7 Å². The Hall–Kier alpha value is -2.40. The van der Waals surface area contributed by atoms with Gasteiger partial charge in [-0.1, -0.05) is 31.9 Å². The van der Waals surface area contributed by atoms with Crippen molar-refractivity contribution >= 4 is 0 Å². The maximum Gasteiger partial charge on any atom is 0.231 e. The lowest BCUT2D eigenvalue weighted by atomic mass is 9.77. The zero-order chi connectivity index (χ0) is 20.3. The fraction of sp³-hybridized carbons (Fsp3) is 0.520. The van der Waals surface area contributed by atoms with Gasteiger partial charge in [-0.05, 0) is 79.6 Å². The van der Waals surface area contributed by atoms with E-state index in [0.717, 1.165) is 36.0 Å². The van der Waals surface area contributed by atoms with Crippen molar-refractivity contribution in [1.82, 2.24) is 4.90 Å². The van der Waals surface area contributed by atoms with Crippen LogP contribution in [-0.2, 0) is 6.42 Å². The molecule has 160 valence electrons. The largest absolute Gasteiger partial charge is 0.454 e. The van der Waals surface area contributed by atoms with Crippen molar-refractivity contribution < 1.29 is 18.9 Å². The van der Waals surface area contributed by atoms with Gasteiger partial charge in [0.25, 0.3) is 0 Å². The van der Waals surface area contributed by atoms with Gasteiger partial charge in [-0.25, -0.2) is 0 Å². The smallest absolute Gasteiger partial charge is 0.231 e. The monoisotopic (exact) mass is 409 g/mol. The van der Waals surface area contributed by atoms with Crippen LogP contribution < -0.4 is 18.9 Å².